The third-order valence-corrected chi connectivity index (χ3v) is 4.34. The van der Waals surface area contributed by atoms with Gasteiger partial charge in [-0.3, -0.25) is 4.79 Å². The Labute approximate surface area is 140 Å². The van der Waals surface area contributed by atoms with Crippen molar-refractivity contribution in [1.82, 2.24) is 5.32 Å². The minimum Gasteiger partial charge on any atom is -0.460 e. The van der Waals surface area contributed by atoms with Crippen molar-refractivity contribution in [2.75, 3.05) is 0 Å². The van der Waals surface area contributed by atoms with Crippen molar-refractivity contribution >= 4 is 17.5 Å². The second kappa shape index (κ2) is 7.02. The van der Waals surface area contributed by atoms with Gasteiger partial charge in [0.15, 0.2) is 0 Å². The summed E-state index contributed by atoms with van der Waals surface area (Å²) in [5.41, 5.74) is 6.42. The van der Waals surface area contributed by atoms with Crippen molar-refractivity contribution < 1.29 is 9.21 Å². The van der Waals surface area contributed by atoms with Crippen LogP contribution in [0, 0.1) is 5.92 Å². The Balaban J connectivity index is 1.65. The summed E-state index contributed by atoms with van der Waals surface area (Å²) in [6.07, 6.45) is 5.59. The first kappa shape index (κ1) is 15.8. The van der Waals surface area contributed by atoms with Crippen molar-refractivity contribution in [3.8, 4) is 11.3 Å². The van der Waals surface area contributed by atoms with Crippen molar-refractivity contribution in [3.05, 3.63) is 59.3 Å². The molecule has 0 saturated carbocycles. The molecule has 1 heterocycles. The van der Waals surface area contributed by atoms with Crippen molar-refractivity contribution in [2.45, 2.75) is 25.4 Å². The molecule has 0 spiro atoms. The minimum atomic E-state index is -0.258. The Morgan fingerprint density at radius 2 is 2.09 bits per heavy atom. The van der Waals surface area contributed by atoms with Crippen LogP contribution in [-0.4, -0.2) is 11.9 Å². The van der Waals surface area contributed by atoms with E-state index in [9.17, 15) is 4.79 Å². The molecule has 2 unspecified atom stereocenters. The maximum atomic E-state index is 11.5. The van der Waals surface area contributed by atoms with Crippen LogP contribution in [0.2, 0.25) is 5.02 Å². The molecule has 120 valence electrons. The average molecular weight is 331 g/mol. The smallest absolute Gasteiger partial charge is 0.222 e. The topological polar surface area (TPSA) is 68.3 Å². The Morgan fingerprint density at radius 3 is 2.87 bits per heavy atom. The quantitative estimate of drug-likeness (QED) is 0.824. The molecule has 23 heavy (non-hydrogen) atoms. The van der Waals surface area contributed by atoms with Gasteiger partial charge < -0.3 is 15.5 Å². The summed E-state index contributed by atoms with van der Waals surface area (Å²) in [4.78, 5) is 11.5. The van der Waals surface area contributed by atoms with Crippen LogP contribution in [0.5, 0.6) is 0 Å². The van der Waals surface area contributed by atoms with Crippen molar-refractivity contribution in [3.63, 3.8) is 0 Å². The van der Waals surface area contributed by atoms with Gasteiger partial charge in [-0.05, 0) is 37.1 Å². The summed E-state index contributed by atoms with van der Waals surface area (Å²) in [7, 11) is 0. The van der Waals surface area contributed by atoms with Crippen LogP contribution in [0.3, 0.4) is 0 Å². The van der Waals surface area contributed by atoms with Crippen LogP contribution in [0.1, 0.15) is 18.6 Å². The molecule has 1 aromatic carbocycles. The van der Waals surface area contributed by atoms with Crippen LogP contribution >= 0.6 is 11.6 Å². The maximum Gasteiger partial charge on any atom is 0.222 e. The molecule has 0 bridgehead atoms. The number of nitrogens with two attached hydrogens (primary N) is 1. The number of benzene rings is 1. The van der Waals surface area contributed by atoms with Gasteiger partial charge in [0.2, 0.25) is 5.91 Å². The highest BCUT2D eigenvalue weighted by molar-refractivity contribution is 6.30. The first-order chi connectivity index (χ1) is 11.1. The molecule has 4 nitrogen and oxygen atoms in total. The summed E-state index contributed by atoms with van der Waals surface area (Å²) >= 11 is 6.01. The lowest BCUT2D eigenvalue weighted by molar-refractivity contribution is -0.122. The molecule has 1 aliphatic carbocycles. The highest BCUT2D eigenvalue weighted by atomic mass is 35.5. The monoisotopic (exact) mass is 330 g/mol. The molecule has 0 saturated heterocycles. The summed E-state index contributed by atoms with van der Waals surface area (Å²) in [6, 6.07) is 11.5. The van der Waals surface area contributed by atoms with E-state index in [1.807, 2.05) is 42.5 Å². The van der Waals surface area contributed by atoms with E-state index in [1.54, 1.807) is 0 Å². The lowest BCUT2D eigenvalue weighted by atomic mass is 9.88. The lowest BCUT2D eigenvalue weighted by Gasteiger charge is -2.26. The van der Waals surface area contributed by atoms with Gasteiger partial charge in [-0.25, -0.2) is 0 Å². The molecule has 1 aromatic heterocycles. The molecule has 2 aromatic rings. The Kier molecular flexibility index (Phi) is 4.84. The number of primary amides is 1. The lowest BCUT2D eigenvalue weighted by Crippen LogP contribution is -2.43. The maximum absolute atomic E-state index is 11.5. The minimum absolute atomic E-state index is 0.0530. The Hall–Kier alpha value is -2.04. The van der Waals surface area contributed by atoms with Crippen LogP contribution in [-0.2, 0) is 11.3 Å². The van der Waals surface area contributed by atoms with Gasteiger partial charge in [0.05, 0.1) is 12.5 Å². The third-order valence-electron chi connectivity index (χ3n) is 4.11. The van der Waals surface area contributed by atoms with E-state index in [0.29, 0.717) is 18.0 Å². The highest BCUT2D eigenvalue weighted by Crippen LogP contribution is 2.25. The van der Waals surface area contributed by atoms with Crippen molar-refractivity contribution in [1.29, 1.82) is 0 Å². The molecule has 1 aliphatic rings. The summed E-state index contributed by atoms with van der Waals surface area (Å²) < 4.78 is 5.86. The van der Waals surface area contributed by atoms with Gasteiger partial charge in [-0.1, -0.05) is 35.9 Å². The molecule has 3 N–H and O–H groups in total. The summed E-state index contributed by atoms with van der Waals surface area (Å²) in [5, 5.41) is 4.05. The number of rotatable bonds is 5. The predicted octanol–water partition coefficient (Wildman–Crippen LogP) is 3.51. The number of hydrogen-bond donors (Lipinski definition) is 2. The number of allylic oxidation sites excluding steroid dienone is 1. The van der Waals surface area contributed by atoms with Crippen LogP contribution in [0.25, 0.3) is 11.3 Å². The number of amides is 1. The van der Waals surface area contributed by atoms with Crippen molar-refractivity contribution in [2.24, 2.45) is 11.7 Å². The molecular weight excluding hydrogens is 312 g/mol. The van der Waals surface area contributed by atoms with Crippen LogP contribution in [0.4, 0.5) is 0 Å². The van der Waals surface area contributed by atoms with Gasteiger partial charge >= 0.3 is 0 Å². The van der Waals surface area contributed by atoms with E-state index in [1.165, 1.54) is 0 Å². The molecule has 2 atom stereocenters. The largest absolute Gasteiger partial charge is 0.460 e. The van der Waals surface area contributed by atoms with E-state index in [4.69, 9.17) is 21.8 Å². The molecule has 0 radical (unpaired) electrons. The van der Waals surface area contributed by atoms with Crippen LogP contribution in [0.15, 0.2) is 53.0 Å². The zero-order valence-electron chi connectivity index (χ0n) is 12.7. The zero-order chi connectivity index (χ0) is 16.2. The number of carbonyl (C=O) groups is 1. The van der Waals surface area contributed by atoms with E-state index < -0.39 is 0 Å². The number of hydrogen-bond acceptors (Lipinski definition) is 3. The molecule has 3 rings (SSSR count). The number of nitrogens with one attached hydrogen (secondary N) is 1. The Morgan fingerprint density at radius 1 is 1.26 bits per heavy atom. The summed E-state index contributed by atoms with van der Waals surface area (Å²) in [5.74, 6) is 1.17. The van der Waals surface area contributed by atoms with Gasteiger partial charge in [-0.15, -0.1) is 0 Å². The fraction of sp³-hybridized carbons (Fsp3) is 0.278. The fourth-order valence-electron chi connectivity index (χ4n) is 2.86. The van der Waals surface area contributed by atoms with E-state index >= 15 is 0 Å². The first-order valence-electron chi connectivity index (χ1n) is 7.66. The molecular formula is C18H19ClN2O2. The standard InChI is InChI=1S/C18H19ClN2O2/c19-13-5-3-4-12(10-13)17-9-8-14(23-17)11-21-16-7-2-1-6-15(16)18(20)22/h1-5,8-10,15-16,21H,6-7,11H2,(H2,20,22). The first-order valence-corrected chi connectivity index (χ1v) is 8.03. The predicted molar refractivity (Wildman–Crippen MR) is 90.8 cm³/mol. The molecule has 1 amide bonds. The summed E-state index contributed by atoms with van der Waals surface area (Å²) in [6.45, 7) is 0.558. The third kappa shape index (κ3) is 3.84. The average Bonchev–Trinajstić information content (AvgIpc) is 3.02. The van der Waals surface area contributed by atoms with E-state index in [0.717, 1.165) is 23.5 Å². The highest BCUT2D eigenvalue weighted by Gasteiger charge is 2.26. The second-order valence-corrected chi connectivity index (χ2v) is 6.15. The normalized spacial score (nSPS) is 20.6. The Bertz CT molecular complexity index is 723. The second-order valence-electron chi connectivity index (χ2n) is 5.72. The van der Waals surface area contributed by atoms with Crippen LogP contribution < -0.4 is 11.1 Å². The molecule has 0 fully saturated rings. The molecule has 0 aliphatic heterocycles. The number of carbonyl (C=O) groups excluding carboxylic acids is 1. The van der Waals surface area contributed by atoms with Gasteiger partial charge in [0.1, 0.15) is 11.5 Å². The van der Waals surface area contributed by atoms with Gasteiger partial charge in [0.25, 0.3) is 0 Å². The van der Waals surface area contributed by atoms with E-state index in [-0.39, 0.29) is 17.9 Å². The zero-order valence-corrected chi connectivity index (χ0v) is 13.4. The van der Waals surface area contributed by atoms with Gasteiger partial charge in [-0.2, -0.15) is 0 Å². The number of furan rings is 1. The fourth-order valence-corrected chi connectivity index (χ4v) is 3.05. The van der Waals surface area contributed by atoms with Gasteiger partial charge in [0, 0.05) is 16.6 Å². The number of halogens is 1. The van der Waals surface area contributed by atoms with E-state index in [2.05, 4.69) is 11.4 Å². The SMILES string of the molecule is NC(=O)C1CC=CCC1NCc1ccc(-c2cccc(Cl)c2)o1. The molecule has 5 heteroatoms.